The highest BCUT2D eigenvalue weighted by atomic mass is 32.2. The van der Waals surface area contributed by atoms with Crippen LogP contribution in [0.1, 0.15) is 31.2 Å². The van der Waals surface area contributed by atoms with Gasteiger partial charge in [0.05, 0.1) is 5.69 Å². The zero-order valence-electron chi connectivity index (χ0n) is 11.1. The number of aromatic nitrogens is 2. The Hall–Kier alpha value is -0.480. The summed E-state index contributed by atoms with van der Waals surface area (Å²) in [5.74, 6) is 1.32. The fourth-order valence-corrected chi connectivity index (χ4v) is 3.64. The van der Waals surface area contributed by atoms with E-state index in [-0.39, 0.29) is 0 Å². The van der Waals surface area contributed by atoms with Crippen molar-refractivity contribution in [2.45, 2.75) is 51.4 Å². The minimum absolute atomic E-state index is 0.723. The van der Waals surface area contributed by atoms with Crippen LogP contribution in [0.4, 0.5) is 0 Å². The van der Waals surface area contributed by atoms with Gasteiger partial charge in [-0.05, 0) is 45.1 Å². The van der Waals surface area contributed by atoms with Crippen molar-refractivity contribution in [3.63, 3.8) is 0 Å². The Balaban J connectivity index is 1.68. The Morgan fingerprint density at radius 2 is 2.35 bits per heavy atom. The molecule has 96 valence electrons. The molecule has 0 bridgehead atoms. The summed E-state index contributed by atoms with van der Waals surface area (Å²) in [6.07, 6.45) is 2.49. The fraction of sp³-hybridized carbons (Fsp3) is 0.769. The Kier molecular flexibility index (Phi) is 4.51. The third kappa shape index (κ3) is 3.49. The summed E-state index contributed by atoms with van der Waals surface area (Å²) in [5.41, 5.74) is 2.39. The van der Waals surface area contributed by atoms with Crippen LogP contribution in [-0.4, -0.2) is 33.4 Å². The van der Waals surface area contributed by atoms with Crippen molar-refractivity contribution >= 4 is 11.8 Å². The first-order valence-corrected chi connectivity index (χ1v) is 7.58. The molecule has 3 nitrogen and oxygen atoms in total. The maximum Gasteiger partial charge on any atom is 0.0596 e. The molecule has 0 aliphatic carbocycles. The topological polar surface area (TPSA) is 29.9 Å². The molecule has 0 aromatic carbocycles. The molecule has 1 aromatic heterocycles. The normalized spacial score (nSPS) is 24.4. The average molecular weight is 253 g/mol. The summed E-state index contributed by atoms with van der Waals surface area (Å²) < 4.78 is 2.11. The minimum atomic E-state index is 0.723. The summed E-state index contributed by atoms with van der Waals surface area (Å²) >= 11 is 2.09. The van der Waals surface area contributed by atoms with Gasteiger partial charge in [0.1, 0.15) is 0 Å². The maximum absolute atomic E-state index is 4.48. The lowest BCUT2D eigenvalue weighted by atomic mass is 10.2. The smallest absolute Gasteiger partial charge is 0.0596 e. The van der Waals surface area contributed by atoms with Crippen LogP contribution in [0.5, 0.6) is 0 Å². The Bertz CT molecular complexity index is 362. The van der Waals surface area contributed by atoms with Crippen LogP contribution in [0, 0.1) is 13.8 Å². The lowest BCUT2D eigenvalue weighted by Gasteiger charge is -2.16. The first kappa shape index (κ1) is 13.0. The summed E-state index contributed by atoms with van der Waals surface area (Å²) in [6, 6.07) is 2.86. The minimum Gasteiger partial charge on any atom is -0.313 e. The Labute approximate surface area is 108 Å². The molecule has 0 amide bonds. The van der Waals surface area contributed by atoms with E-state index in [4.69, 9.17) is 0 Å². The number of nitrogens with one attached hydrogen (secondary N) is 1. The SMILES string of the molecule is Cc1cc(C)n(CCCNC2CCSC2C)n1. The molecule has 2 rings (SSSR count). The molecule has 1 aromatic rings. The zero-order chi connectivity index (χ0) is 12.3. The van der Waals surface area contributed by atoms with Gasteiger partial charge in [-0.25, -0.2) is 0 Å². The number of rotatable bonds is 5. The van der Waals surface area contributed by atoms with Gasteiger partial charge in [-0.1, -0.05) is 6.92 Å². The molecule has 1 aliphatic rings. The molecule has 2 unspecified atom stereocenters. The number of nitrogens with zero attached hydrogens (tertiary/aromatic N) is 2. The molecule has 1 fully saturated rings. The van der Waals surface area contributed by atoms with E-state index in [0.29, 0.717) is 0 Å². The molecule has 4 heteroatoms. The summed E-state index contributed by atoms with van der Waals surface area (Å²) in [4.78, 5) is 0. The summed E-state index contributed by atoms with van der Waals surface area (Å²) in [5, 5.41) is 8.93. The number of hydrogen-bond donors (Lipinski definition) is 1. The lowest BCUT2D eigenvalue weighted by Crippen LogP contribution is -2.34. The van der Waals surface area contributed by atoms with Crippen LogP contribution >= 0.6 is 11.8 Å². The lowest BCUT2D eigenvalue weighted by molar-refractivity contribution is 0.473. The van der Waals surface area contributed by atoms with E-state index in [9.17, 15) is 0 Å². The quantitative estimate of drug-likeness (QED) is 0.817. The van der Waals surface area contributed by atoms with Gasteiger partial charge in [-0.3, -0.25) is 4.68 Å². The van der Waals surface area contributed by atoms with Crippen molar-refractivity contribution in [2.75, 3.05) is 12.3 Å². The molecule has 1 saturated heterocycles. The van der Waals surface area contributed by atoms with Crippen LogP contribution in [0.25, 0.3) is 0 Å². The van der Waals surface area contributed by atoms with Crippen LogP contribution in [0.2, 0.25) is 0 Å². The second-order valence-corrected chi connectivity index (χ2v) is 6.41. The van der Waals surface area contributed by atoms with Crippen molar-refractivity contribution in [1.29, 1.82) is 0 Å². The molecule has 1 aliphatic heterocycles. The van der Waals surface area contributed by atoms with E-state index >= 15 is 0 Å². The average Bonchev–Trinajstić information content (AvgIpc) is 2.81. The molecule has 1 N–H and O–H groups in total. The van der Waals surface area contributed by atoms with Gasteiger partial charge < -0.3 is 5.32 Å². The first-order chi connectivity index (χ1) is 8.16. The predicted molar refractivity (Wildman–Crippen MR) is 74.6 cm³/mol. The van der Waals surface area contributed by atoms with Crippen molar-refractivity contribution in [2.24, 2.45) is 0 Å². The van der Waals surface area contributed by atoms with E-state index in [1.807, 2.05) is 0 Å². The predicted octanol–water partition coefficient (Wildman–Crippen LogP) is 2.37. The molecule has 2 heterocycles. The number of aryl methyl sites for hydroxylation is 3. The summed E-state index contributed by atoms with van der Waals surface area (Å²) in [7, 11) is 0. The molecule has 2 atom stereocenters. The summed E-state index contributed by atoms with van der Waals surface area (Å²) in [6.45, 7) is 8.65. The molecule has 17 heavy (non-hydrogen) atoms. The van der Waals surface area contributed by atoms with Gasteiger partial charge >= 0.3 is 0 Å². The van der Waals surface area contributed by atoms with E-state index in [1.54, 1.807) is 0 Å². The molecular weight excluding hydrogens is 230 g/mol. The highest BCUT2D eigenvalue weighted by Crippen LogP contribution is 2.25. The second-order valence-electron chi connectivity index (χ2n) is 4.93. The van der Waals surface area contributed by atoms with Gasteiger partial charge in [-0.2, -0.15) is 16.9 Å². The highest BCUT2D eigenvalue weighted by molar-refractivity contribution is 8.00. The number of hydrogen-bond acceptors (Lipinski definition) is 3. The monoisotopic (exact) mass is 253 g/mol. The van der Waals surface area contributed by atoms with Crippen molar-refractivity contribution in [3.05, 3.63) is 17.5 Å². The van der Waals surface area contributed by atoms with Gasteiger partial charge in [0.15, 0.2) is 0 Å². The third-order valence-corrected chi connectivity index (χ3v) is 4.76. The third-order valence-electron chi connectivity index (χ3n) is 3.43. The van der Waals surface area contributed by atoms with Crippen molar-refractivity contribution in [3.8, 4) is 0 Å². The van der Waals surface area contributed by atoms with Crippen LogP contribution in [0.15, 0.2) is 6.07 Å². The van der Waals surface area contributed by atoms with E-state index in [1.165, 1.54) is 17.9 Å². The molecule has 0 spiro atoms. The molecule has 0 radical (unpaired) electrons. The Morgan fingerprint density at radius 3 is 2.94 bits per heavy atom. The van der Waals surface area contributed by atoms with Crippen molar-refractivity contribution < 1.29 is 0 Å². The van der Waals surface area contributed by atoms with Gasteiger partial charge in [0.25, 0.3) is 0 Å². The van der Waals surface area contributed by atoms with Crippen molar-refractivity contribution in [1.82, 2.24) is 15.1 Å². The van der Waals surface area contributed by atoms with E-state index in [2.05, 4.69) is 53.7 Å². The molecule has 0 saturated carbocycles. The second kappa shape index (κ2) is 5.91. The van der Waals surface area contributed by atoms with Crippen LogP contribution in [-0.2, 0) is 6.54 Å². The van der Waals surface area contributed by atoms with E-state index < -0.39 is 0 Å². The van der Waals surface area contributed by atoms with Crippen LogP contribution in [0.3, 0.4) is 0 Å². The standard InChI is InChI=1S/C13H23N3S/c1-10-9-11(2)16(15-10)7-4-6-14-13-5-8-17-12(13)3/h9,12-14H,4-8H2,1-3H3. The van der Waals surface area contributed by atoms with Gasteiger partial charge in [0.2, 0.25) is 0 Å². The highest BCUT2D eigenvalue weighted by Gasteiger charge is 2.22. The van der Waals surface area contributed by atoms with Gasteiger partial charge in [0, 0.05) is 23.5 Å². The van der Waals surface area contributed by atoms with Gasteiger partial charge in [-0.15, -0.1) is 0 Å². The van der Waals surface area contributed by atoms with Crippen LogP contribution < -0.4 is 5.32 Å². The fourth-order valence-electron chi connectivity index (χ4n) is 2.42. The Morgan fingerprint density at radius 1 is 1.53 bits per heavy atom. The van der Waals surface area contributed by atoms with E-state index in [0.717, 1.165) is 36.5 Å². The first-order valence-electron chi connectivity index (χ1n) is 6.53. The zero-order valence-corrected chi connectivity index (χ0v) is 11.9. The largest absolute Gasteiger partial charge is 0.313 e. The molecular formula is C13H23N3S. The number of thioether (sulfide) groups is 1. The maximum atomic E-state index is 4.48.